The Balaban J connectivity index is 1.38. The molecule has 2 aliphatic rings. The van der Waals surface area contributed by atoms with Crippen LogP contribution in [-0.2, 0) is 6.54 Å². The van der Waals surface area contributed by atoms with Gasteiger partial charge in [-0.1, -0.05) is 12.1 Å². The topological polar surface area (TPSA) is 84.8 Å². The number of nitriles is 1. The molecule has 2 aromatic carbocycles. The lowest BCUT2D eigenvalue weighted by atomic mass is 10.1. The van der Waals surface area contributed by atoms with Gasteiger partial charge in [-0.3, -0.25) is 4.79 Å². The number of benzene rings is 2. The van der Waals surface area contributed by atoms with Gasteiger partial charge in [0.1, 0.15) is 5.82 Å². The number of aromatic nitrogens is 2. The van der Waals surface area contributed by atoms with Gasteiger partial charge in [0.05, 0.1) is 28.2 Å². The molecule has 0 bridgehead atoms. The number of hydrogen-bond acceptors (Lipinski definition) is 4. The molecule has 0 saturated heterocycles. The number of halogens is 1. The molecule has 5 rings (SSSR count). The fraction of sp³-hybridized carbons (Fsp3) is 0.375. The van der Waals surface area contributed by atoms with Crippen LogP contribution in [0.2, 0.25) is 0 Å². The van der Waals surface area contributed by atoms with Gasteiger partial charge >= 0.3 is 0 Å². The van der Waals surface area contributed by atoms with Crippen molar-refractivity contribution in [2.45, 2.75) is 50.2 Å². The number of fused-ring (bicyclic) bond motifs is 2. The fourth-order valence-electron chi connectivity index (χ4n) is 5.41. The Kier molecular flexibility index (Phi) is 4.56. The highest BCUT2D eigenvalue weighted by Crippen LogP contribution is 2.63. The first kappa shape index (κ1) is 19.7. The molecule has 2 N–H and O–H groups in total. The Morgan fingerprint density at radius 2 is 2.10 bits per heavy atom. The number of carbonyl (C=O) groups excluding carboxylic acids is 1. The maximum atomic E-state index is 13.5. The van der Waals surface area contributed by atoms with Crippen molar-refractivity contribution in [2.24, 2.45) is 0 Å². The number of rotatable bonds is 6. The van der Waals surface area contributed by atoms with Crippen molar-refractivity contribution in [3.63, 3.8) is 0 Å². The number of nitrogens with one attached hydrogen (secondary N) is 2. The zero-order valence-corrected chi connectivity index (χ0v) is 17.4. The Bertz CT molecular complexity index is 1200. The standard InChI is InChI=1S/C24H24FN5O/c1-2-30(22(31)21-28-19-9-6-17(13-26)12-20(19)29-21)24-11-3-10-23(24,15-24)27-14-16-4-7-18(25)8-5-16/h4-9,12,27H,2-3,10-11,14-15H2,1H3,(H,28,29)/t23-,24+/m0/s1. The molecule has 1 heterocycles. The normalized spacial score (nSPS) is 24.0. The van der Waals surface area contributed by atoms with E-state index >= 15 is 0 Å². The van der Waals surface area contributed by atoms with E-state index in [0.717, 1.165) is 36.8 Å². The summed E-state index contributed by atoms with van der Waals surface area (Å²) in [4.78, 5) is 23.0. The third-order valence-electron chi connectivity index (χ3n) is 6.99. The van der Waals surface area contributed by atoms with E-state index in [4.69, 9.17) is 5.26 Å². The quantitative estimate of drug-likeness (QED) is 0.637. The van der Waals surface area contributed by atoms with Gasteiger partial charge in [0, 0.05) is 18.6 Å². The van der Waals surface area contributed by atoms with E-state index in [2.05, 4.69) is 21.4 Å². The number of H-pyrrole nitrogens is 1. The molecule has 0 unspecified atom stereocenters. The highest BCUT2D eigenvalue weighted by molar-refractivity contribution is 5.95. The summed E-state index contributed by atoms with van der Waals surface area (Å²) < 4.78 is 13.2. The molecular weight excluding hydrogens is 393 g/mol. The van der Waals surface area contributed by atoms with E-state index in [0.29, 0.717) is 30.0 Å². The smallest absolute Gasteiger partial charge is 0.290 e. The van der Waals surface area contributed by atoms with Gasteiger partial charge in [-0.2, -0.15) is 5.26 Å². The van der Waals surface area contributed by atoms with E-state index in [-0.39, 0.29) is 22.8 Å². The summed E-state index contributed by atoms with van der Waals surface area (Å²) in [6.45, 7) is 3.25. The first-order chi connectivity index (χ1) is 15.0. The van der Waals surface area contributed by atoms with Crippen LogP contribution in [0.3, 0.4) is 0 Å². The highest BCUT2D eigenvalue weighted by Gasteiger charge is 2.73. The molecule has 0 spiro atoms. The van der Waals surface area contributed by atoms with Crippen LogP contribution in [0.15, 0.2) is 42.5 Å². The Hall–Kier alpha value is -3.24. The zero-order chi connectivity index (χ0) is 21.6. The average Bonchev–Trinajstić information content (AvgIpc) is 3.08. The molecule has 1 aromatic heterocycles. The Labute approximate surface area is 180 Å². The fourth-order valence-corrected chi connectivity index (χ4v) is 5.41. The monoisotopic (exact) mass is 417 g/mol. The maximum absolute atomic E-state index is 13.5. The highest BCUT2D eigenvalue weighted by atomic mass is 19.1. The van der Waals surface area contributed by atoms with Crippen molar-refractivity contribution in [3.05, 3.63) is 65.2 Å². The largest absolute Gasteiger partial charge is 0.334 e. The summed E-state index contributed by atoms with van der Waals surface area (Å²) >= 11 is 0. The van der Waals surface area contributed by atoms with Gasteiger partial charge in [0.25, 0.3) is 5.91 Å². The summed E-state index contributed by atoms with van der Waals surface area (Å²) in [6, 6.07) is 13.8. The van der Waals surface area contributed by atoms with Crippen LogP contribution in [0.4, 0.5) is 4.39 Å². The zero-order valence-electron chi connectivity index (χ0n) is 17.4. The van der Waals surface area contributed by atoms with E-state index in [1.54, 1.807) is 30.3 Å². The van der Waals surface area contributed by atoms with Crippen molar-refractivity contribution in [1.82, 2.24) is 20.2 Å². The molecule has 2 atom stereocenters. The van der Waals surface area contributed by atoms with Crippen molar-refractivity contribution >= 4 is 16.9 Å². The van der Waals surface area contributed by atoms with Crippen LogP contribution in [0, 0.1) is 17.1 Å². The van der Waals surface area contributed by atoms with Crippen molar-refractivity contribution in [3.8, 4) is 6.07 Å². The predicted octanol–water partition coefficient (Wildman–Crippen LogP) is 3.89. The number of amides is 1. The minimum absolute atomic E-state index is 0.104. The van der Waals surface area contributed by atoms with E-state index in [9.17, 15) is 9.18 Å². The average molecular weight is 417 g/mol. The second-order valence-electron chi connectivity index (χ2n) is 8.60. The first-order valence-electron chi connectivity index (χ1n) is 10.7. The minimum atomic E-state index is -0.237. The van der Waals surface area contributed by atoms with Crippen LogP contribution >= 0.6 is 0 Å². The molecule has 158 valence electrons. The van der Waals surface area contributed by atoms with E-state index in [1.165, 1.54) is 12.1 Å². The van der Waals surface area contributed by atoms with Crippen molar-refractivity contribution in [2.75, 3.05) is 6.54 Å². The number of imidazole rings is 1. The SMILES string of the molecule is CCN(C(=O)c1nc2cc(C#N)ccc2[nH]1)[C@@]12CCC[C@]1(NCc1ccc(F)cc1)C2. The number of aromatic amines is 1. The number of nitrogens with zero attached hydrogens (tertiary/aromatic N) is 3. The third kappa shape index (κ3) is 3.10. The second-order valence-corrected chi connectivity index (χ2v) is 8.60. The third-order valence-corrected chi connectivity index (χ3v) is 6.99. The number of likely N-dealkylation sites (N-methyl/N-ethyl adjacent to an activating group) is 1. The van der Waals surface area contributed by atoms with Crippen LogP contribution in [-0.4, -0.2) is 38.4 Å². The molecule has 7 heteroatoms. The van der Waals surface area contributed by atoms with E-state index in [1.807, 2.05) is 11.8 Å². The summed E-state index contributed by atoms with van der Waals surface area (Å²) in [7, 11) is 0. The molecule has 3 aromatic rings. The predicted molar refractivity (Wildman–Crippen MR) is 115 cm³/mol. The van der Waals surface area contributed by atoms with Crippen LogP contribution in [0.5, 0.6) is 0 Å². The lowest BCUT2D eigenvalue weighted by Gasteiger charge is -2.32. The summed E-state index contributed by atoms with van der Waals surface area (Å²) in [5.74, 6) is -0.0313. The van der Waals surface area contributed by atoms with E-state index < -0.39 is 0 Å². The first-order valence-corrected chi connectivity index (χ1v) is 10.7. The Morgan fingerprint density at radius 3 is 2.84 bits per heavy atom. The summed E-state index contributed by atoms with van der Waals surface area (Å²) in [6.07, 6.45) is 3.96. The number of carbonyl (C=O) groups is 1. The van der Waals surface area contributed by atoms with Crippen molar-refractivity contribution < 1.29 is 9.18 Å². The molecule has 2 aliphatic carbocycles. The maximum Gasteiger partial charge on any atom is 0.290 e. The summed E-state index contributed by atoms with van der Waals surface area (Å²) in [5, 5.41) is 12.8. The van der Waals surface area contributed by atoms with Gasteiger partial charge in [-0.25, -0.2) is 9.37 Å². The van der Waals surface area contributed by atoms with Crippen LogP contribution in [0.25, 0.3) is 11.0 Å². The number of hydrogen-bond donors (Lipinski definition) is 2. The van der Waals surface area contributed by atoms with Crippen molar-refractivity contribution in [1.29, 1.82) is 5.26 Å². The molecular formula is C24H24FN5O. The molecule has 31 heavy (non-hydrogen) atoms. The van der Waals surface area contributed by atoms with Crippen LogP contribution in [0.1, 0.15) is 54.4 Å². The van der Waals surface area contributed by atoms with Crippen LogP contribution < -0.4 is 5.32 Å². The lowest BCUT2D eigenvalue weighted by molar-refractivity contribution is 0.0625. The molecule has 1 amide bonds. The Morgan fingerprint density at radius 1 is 1.29 bits per heavy atom. The van der Waals surface area contributed by atoms with Gasteiger partial charge in [0.15, 0.2) is 5.82 Å². The molecule has 2 fully saturated rings. The molecule has 2 saturated carbocycles. The van der Waals surface area contributed by atoms with Gasteiger partial charge < -0.3 is 15.2 Å². The molecule has 6 nitrogen and oxygen atoms in total. The van der Waals surface area contributed by atoms with Gasteiger partial charge in [-0.15, -0.1) is 0 Å². The lowest BCUT2D eigenvalue weighted by Crippen LogP contribution is -2.49. The molecule has 0 radical (unpaired) electrons. The van der Waals surface area contributed by atoms with Gasteiger partial charge in [0.2, 0.25) is 0 Å². The molecule has 0 aliphatic heterocycles. The summed E-state index contributed by atoms with van der Waals surface area (Å²) in [5.41, 5.74) is 2.61. The van der Waals surface area contributed by atoms with Gasteiger partial charge in [-0.05, 0) is 68.5 Å². The second kappa shape index (κ2) is 7.17. The minimum Gasteiger partial charge on any atom is -0.334 e.